The molecule has 8 heteroatoms. The highest BCUT2D eigenvalue weighted by Crippen LogP contribution is 2.25. The first-order valence-corrected chi connectivity index (χ1v) is 9.83. The molecular formula is C16H18ClN3O3S. The topological polar surface area (TPSA) is 91.9 Å². The van der Waals surface area contributed by atoms with Crippen LogP contribution in [-0.4, -0.2) is 42.1 Å². The SMILES string of the molecule is Cc1[nH]nc(-c2ccc(Cl)cc2)c1CC(=O)NC1CCS(=O)(=O)C1. The molecule has 128 valence electrons. The van der Waals surface area contributed by atoms with Crippen molar-refractivity contribution in [3.8, 4) is 11.3 Å². The first-order chi connectivity index (χ1) is 11.3. The van der Waals surface area contributed by atoms with Gasteiger partial charge in [-0.05, 0) is 25.5 Å². The van der Waals surface area contributed by atoms with Crippen LogP contribution in [0.15, 0.2) is 24.3 Å². The minimum absolute atomic E-state index is 0.0210. The normalized spacial score (nSPS) is 19.3. The van der Waals surface area contributed by atoms with Crippen LogP contribution in [0.3, 0.4) is 0 Å². The Bertz CT molecular complexity index is 859. The van der Waals surface area contributed by atoms with E-state index < -0.39 is 9.84 Å². The van der Waals surface area contributed by atoms with Gasteiger partial charge in [-0.25, -0.2) is 8.42 Å². The summed E-state index contributed by atoms with van der Waals surface area (Å²) in [6.45, 7) is 1.86. The molecule has 1 amide bonds. The number of hydrogen-bond donors (Lipinski definition) is 2. The number of aromatic nitrogens is 2. The van der Waals surface area contributed by atoms with Gasteiger partial charge in [-0.1, -0.05) is 23.7 Å². The van der Waals surface area contributed by atoms with Gasteiger partial charge >= 0.3 is 0 Å². The number of benzene rings is 1. The predicted molar refractivity (Wildman–Crippen MR) is 92.7 cm³/mol. The van der Waals surface area contributed by atoms with E-state index >= 15 is 0 Å². The van der Waals surface area contributed by atoms with Crippen molar-refractivity contribution in [1.82, 2.24) is 15.5 Å². The molecule has 0 spiro atoms. The maximum absolute atomic E-state index is 12.3. The summed E-state index contributed by atoms with van der Waals surface area (Å²) < 4.78 is 23.0. The van der Waals surface area contributed by atoms with E-state index in [4.69, 9.17) is 11.6 Å². The van der Waals surface area contributed by atoms with E-state index in [9.17, 15) is 13.2 Å². The average Bonchev–Trinajstić information content (AvgIpc) is 3.03. The van der Waals surface area contributed by atoms with Crippen molar-refractivity contribution in [2.75, 3.05) is 11.5 Å². The smallest absolute Gasteiger partial charge is 0.224 e. The number of rotatable bonds is 4. The fourth-order valence-electron chi connectivity index (χ4n) is 2.86. The molecule has 1 aliphatic heterocycles. The van der Waals surface area contributed by atoms with E-state index in [0.29, 0.717) is 17.1 Å². The van der Waals surface area contributed by atoms with Crippen LogP contribution in [0.1, 0.15) is 17.7 Å². The Morgan fingerprint density at radius 2 is 2.08 bits per heavy atom. The molecule has 24 heavy (non-hydrogen) atoms. The van der Waals surface area contributed by atoms with Gasteiger partial charge in [0.15, 0.2) is 9.84 Å². The molecule has 2 aromatic rings. The quantitative estimate of drug-likeness (QED) is 0.863. The summed E-state index contributed by atoms with van der Waals surface area (Å²) in [7, 11) is -3.01. The van der Waals surface area contributed by atoms with Gasteiger partial charge in [-0.3, -0.25) is 9.89 Å². The molecule has 0 bridgehead atoms. The van der Waals surface area contributed by atoms with E-state index in [1.807, 2.05) is 19.1 Å². The van der Waals surface area contributed by atoms with Crippen molar-refractivity contribution in [2.24, 2.45) is 0 Å². The van der Waals surface area contributed by atoms with Crippen LogP contribution in [0.4, 0.5) is 0 Å². The van der Waals surface area contributed by atoms with Gasteiger partial charge in [-0.15, -0.1) is 0 Å². The Morgan fingerprint density at radius 3 is 2.71 bits per heavy atom. The Kier molecular flexibility index (Phi) is 4.64. The van der Waals surface area contributed by atoms with Crippen LogP contribution in [0, 0.1) is 6.92 Å². The van der Waals surface area contributed by atoms with Crippen LogP contribution in [-0.2, 0) is 21.1 Å². The van der Waals surface area contributed by atoms with Crippen molar-refractivity contribution in [1.29, 1.82) is 0 Å². The molecule has 1 unspecified atom stereocenters. The number of carbonyl (C=O) groups excluding carboxylic acids is 1. The molecule has 1 saturated heterocycles. The second kappa shape index (κ2) is 6.57. The van der Waals surface area contributed by atoms with Crippen LogP contribution in [0.2, 0.25) is 5.02 Å². The van der Waals surface area contributed by atoms with Gasteiger partial charge in [0.2, 0.25) is 5.91 Å². The maximum Gasteiger partial charge on any atom is 0.224 e. The minimum Gasteiger partial charge on any atom is -0.352 e. The van der Waals surface area contributed by atoms with Crippen molar-refractivity contribution in [3.05, 3.63) is 40.5 Å². The highest BCUT2D eigenvalue weighted by molar-refractivity contribution is 7.91. The predicted octanol–water partition coefficient (Wildman–Crippen LogP) is 1.88. The Labute approximate surface area is 145 Å². The van der Waals surface area contributed by atoms with Gasteiger partial charge in [0.25, 0.3) is 0 Å². The molecule has 2 heterocycles. The van der Waals surface area contributed by atoms with Gasteiger partial charge < -0.3 is 5.32 Å². The molecule has 1 fully saturated rings. The summed E-state index contributed by atoms with van der Waals surface area (Å²) in [5.41, 5.74) is 3.19. The van der Waals surface area contributed by atoms with Crippen LogP contribution >= 0.6 is 11.6 Å². The van der Waals surface area contributed by atoms with Gasteiger partial charge in [0.05, 0.1) is 23.6 Å². The molecule has 3 rings (SSSR count). The molecule has 1 aromatic carbocycles. The highest BCUT2D eigenvalue weighted by Gasteiger charge is 2.29. The molecule has 0 saturated carbocycles. The standard InChI is InChI=1S/C16H18ClN3O3S/c1-10-14(8-15(21)18-13-6-7-24(22,23)9-13)16(20-19-10)11-2-4-12(17)5-3-11/h2-5,13H,6-9H2,1H3,(H,18,21)(H,19,20). The number of nitrogens with one attached hydrogen (secondary N) is 2. The number of aromatic amines is 1. The summed E-state index contributed by atoms with van der Waals surface area (Å²) in [6.07, 6.45) is 0.624. The molecule has 2 N–H and O–H groups in total. The number of amides is 1. The lowest BCUT2D eigenvalue weighted by Gasteiger charge is -2.11. The van der Waals surface area contributed by atoms with Crippen LogP contribution in [0.5, 0.6) is 0 Å². The maximum atomic E-state index is 12.3. The van der Waals surface area contributed by atoms with Gasteiger partial charge in [0.1, 0.15) is 0 Å². The third-order valence-corrected chi connectivity index (χ3v) is 6.15. The zero-order chi connectivity index (χ0) is 17.3. The van der Waals surface area contributed by atoms with Gasteiger partial charge in [0, 0.05) is 27.9 Å². The third kappa shape index (κ3) is 3.79. The summed E-state index contributed by atoms with van der Waals surface area (Å²) in [5.74, 6) is -0.0388. The van der Waals surface area contributed by atoms with E-state index in [0.717, 1.165) is 16.8 Å². The molecule has 0 radical (unpaired) electrons. The zero-order valence-corrected chi connectivity index (χ0v) is 14.7. The van der Waals surface area contributed by atoms with E-state index in [1.54, 1.807) is 12.1 Å². The summed E-state index contributed by atoms with van der Waals surface area (Å²) in [5, 5.41) is 10.6. The summed E-state index contributed by atoms with van der Waals surface area (Å²) in [6, 6.07) is 6.95. The van der Waals surface area contributed by atoms with Crippen molar-refractivity contribution >= 4 is 27.3 Å². The zero-order valence-electron chi connectivity index (χ0n) is 13.2. The average molecular weight is 368 g/mol. The Morgan fingerprint density at radius 1 is 1.38 bits per heavy atom. The largest absolute Gasteiger partial charge is 0.352 e. The minimum atomic E-state index is -3.01. The molecule has 1 aromatic heterocycles. The molecule has 1 atom stereocenters. The fourth-order valence-corrected chi connectivity index (χ4v) is 4.66. The Balaban J connectivity index is 1.74. The number of halogens is 1. The first-order valence-electron chi connectivity index (χ1n) is 7.63. The monoisotopic (exact) mass is 367 g/mol. The lowest BCUT2D eigenvalue weighted by Crippen LogP contribution is -2.36. The summed E-state index contributed by atoms with van der Waals surface area (Å²) >= 11 is 5.91. The number of H-pyrrole nitrogens is 1. The molecule has 1 aliphatic rings. The van der Waals surface area contributed by atoms with Crippen molar-refractivity contribution in [3.63, 3.8) is 0 Å². The van der Waals surface area contributed by atoms with Crippen molar-refractivity contribution in [2.45, 2.75) is 25.8 Å². The second-order valence-electron chi connectivity index (χ2n) is 6.03. The van der Waals surface area contributed by atoms with Crippen LogP contribution in [0.25, 0.3) is 11.3 Å². The van der Waals surface area contributed by atoms with E-state index in [1.165, 1.54) is 0 Å². The lowest BCUT2D eigenvalue weighted by atomic mass is 10.0. The first kappa shape index (κ1) is 17.0. The number of hydrogen-bond acceptors (Lipinski definition) is 4. The lowest BCUT2D eigenvalue weighted by molar-refractivity contribution is -0.121. The van der Waals surface area contributed by atoms with Crippen molar-refractivity contribution < 1.29 is 13.2 Å². The Hall–Kier alpha value is -1.86. The molecular weight excluding hydrogens is 350 g/mol. The number of carbonyl (C=O) groups is 1. The number of aryl methyl sites for hydroxylation is 1. The number of sulfone groups is 1. The van der Waals surface area contributed by atoms with E-state index in [-0.39, 0.29) is 29.9 Å². The third-order valence-electron chi connectivity index (χ3n) is 4.13. The van der Waals surface area contributed by atoms with Crippen LogP contribution < -0.4 is 5.32 Å². The number of nitrogens with zero attached hydrogens (tertiary/aromatic N) is 1. The molecule has 6 nitrogen and oxygen atoms in total. The highest BCUT2D eigenvalue weighted by atomic mass is 35.5. The molecule has 0 aliphatic carbocycles. The second-order valence-corrected chi connectivity index (χ2v) is 8.69. The van der Waals surface area contributed by atoms with E-state index in [2.05, 4.69) is 15.5 Å². The fraction of sp³-hybridized carbons (Fsp3) is 0.375. The summed E-state index contributed by atoms with van der Waals surface area (Å²) in [4.78, 5) is 12.3. The van der Waals surface area contributed by atoms with Gasteiger partial charge in [-0.2, -0.15) is 5.10 Å².